The van der Waals surface area contributed by atoms with Gasteiger partial charge in [0.2, 0.25) is 10.0 Å². The van der Waals surface area contributed by atoms with E-state index in [1.807, 2.05) is 0 Å². The van der Waals surface area contributed by atoms with Gasteiger partial charge in [0.1, 0.15) is 11.6 Å². The average molecular weight is 299 g/mol. The number of hydrogen-bond acceptors (Lipinski definition) is 4. The first-order valence-electron chi connectivity index (χ1n) is 5.86. The van der Waals surface area contributed by atoms with Gasteiger partial charge in [-0.2, -0.15) is 0 Å². The van der Waals surface area contributed by atoms with Gasteiger partial charge in [0.05, 0.1) is 24.3 Å². The fraction of sp³-hybridized carbons (Fsp3) is 0.231. The van der Waals surface area contributed by atoms with Crippen molar-refractivity contribution in [1.82, 2.24) is 4.72 Å². The maximum Gasteiger partial charge on any atom is 0.241 e. The quantitative estimate of drug-likeness (QED) is 0.880. The Kier molecular flexibility index (Phi) is 4.22. The van der Waals surface area contributed by atoms with Crippen LogP contribution in [0.1, 0.15) is 16.9 Å². The van der Waals surface area contributed by atoms with Crippen molar-refractivity contribution < 1.29 is 22.3 Å². The van der Waals surface area contributed by atoms with E-state index in [0.29, 0.717) is 5.76 Å². The lowest BCUT2D eigenvalue weighted by atomic mass is 10.1. The molecule has 0 aliphatic rings. The summed E-state index contributed by atoms with van der Waals surface area (Å²) in [5, 5.41) is 9.03. The normalized spacial score (nSPS) is 11.8. The van der Waals surface area contributed by atoms with E-state index in [-0.39, 0.29) is 22.6 Å². The van der Waals surface area contributed by atoms with Crippen molar-refractivity contribution >= 4 is 10.0 Å². The number of aliphatic hydroxyl groups is 1. The number of sulfonamides is 1. The molecule has 2 aromatic rings. The molecule has 0 unspecified atom stereocenters. The van der Waals surface area contributed by atoms with E-state index in [9.17, 15) is 12.8 Å². The van der Waals surface area contributed by atoms with Gasteiger partial charge in [0, 0.05) is 5.56 Å². The zero-order valence-corrected chi connectivity index (χ0v) is 11.6. The van der Waals surface area contributed by atoms with Crippen LogP contribution >= 0.6 is 0 Å². The van der Waals surface area contributed by atoms with Crippen LogP contribution in [0.3, 0.4) is 0 Å². The number of aliphatic hydroxyl groups excluding tert-OH is 1. The van der Waals surface area contributed by atoms with Crippen LogP contribution in [-0.2, 0) is 23.2 Å². The highest BCUT2D eigenvalue weighted by Gasteiger charge is 2.20. The van der Waals surface area contributed by atoms with E-state index in [0.717, 1.165) is 6.07 Å². The average Bonchev–Trinajstić information content (AvgIpc) is 2.92. The molecule has 0 saturated carbocycles. The molecule has 20 heavy (non-hydrogen) atoms. The monoisotopic (exact) mass is 299 g/mol. The Morgan fingerprint density at radius 1 is 1.40 bits per heavy atom. The predicted molar refractivity (Wildman–Crippen MR) is 69.8 cm³/mol. The molecule has 2 rings (SSSR count). The molecule has 2 N–H and O–H groups in total. The predicted octanol–water partition coefficient (Wildman–Crippen LogP) is 1.70. The molecule has 0 aliphatic carbocycles. The first kappa shape index (κ1) is 14.7. The molecule has 7 heteroatoms. The molecular formula is C13H14FNO4S. The van der Waals surface area contributed by atoms with Gasteiger partial charge >= 0.3 is 0 Å². The minimum atomic E-state index is -3.88. The number of hydrogen-bond donors (Lipinski definition) is 2. The molecule has 0 atom stereocenters. The zero-order chi connectivity index (χ0) is 14.8. The summed E-state index contributed by atoms with van der Waals surface area (Å²) < 4.78 is 45.3. The molecular weight excluding hydrogens is 285 g/mol. The Balaban J connectivity index is 2.31. The number of benzene rings is 1. The van der Waals surface area contributed by atoms with Crippen LogP contribution in [0.5, 0.6) is 0 Å². The summed E-state index contributed by atoms with van der Waals surface area (Å²) >= 11 is 0. The molecule has 5 nitrogen and oxygen atoms in total. The Morgan fingerprint density at radius 2 is 2.15 bits per heavy atom. The third-order valence-electron chi connectivity index (χ3n) is 2.85. The van der Waals surface area contributed by atoms with E-state index in [4.69, 9.17) is 9.52 Å². The minimum absolute atomic E-state index is 0.00847. The van der Waals surface area contributed by atoms with Gasteiger partial charge in [-0.05, 0) is 36.8 Å². The smallest absolute Gasteiger partial charge is 0.241 e. The Labute approximate surface area is 116 Å². The first-order valence-corrected chi connectivity index (χ1v) is 7.34. The Hall–Kier alpha value is -1.70. The molecule has 1 heterocycles. The second kappa shape index (κ2) is 5.74. The van der Waals surface area contributed by atoms with Gasteiger partial charge < -0.3 is 9.52 Å². The maximum atomic E-state index is 13.6. The third kappa shape index (κ3) is 3.06. The number of furan rings is 1. The van der Waals surface area contributed by atoms with Crippen molar-refractivity contribution in [2.24, 2.45) is 0 Å². The van der Waals surface area contributed by atoms with Crippen LogP contribution in [0, 0.1) is 12.7 Å². The standard InChI is InChI=1S/C13H14FNO4S/c1-9-12(14)5-10(8-16)6-13(9)20(17,18)15-7-11-3-2-4-19-11/h2-6,15-16H,7-8H2,1H3. The van der Waals surface area contributed by atoms with Crippen LogP contribution in [0.4, 0.5) is 4.39 Å². The summed E-state index contributed by atoms with van der Waals surface area (Å²) in [6.45, 7) is 0.912. The third-order valence-corrected chi connectivity index (χ3v) is 4.37. The zero-order valence-electron chi connectivity index (χ0n) is 10.8. The summed E-state index contributed by atoms with van der Waals surface area (Å²) in [6, 6.07) is 5.63. The van der Waals surface area contributed by atoms with Crippen molar-refractivity contribution in [3.05, 3.63) is 53.2 Å². The van der Waals surface area contributed by atoms with Crippen molar-refractivity contribution in [1.29, 1.82) is 0 Å². The van der Waals surface area contributed by atoms with Crippen LogP contribution in [0.15, 0.2) is 39.8 Å². The van der Waals surface area contributed by atoms with Crippen LogP contribution in [0.2, 0.25) is 0 Å². The van der Waals surface area contributed by atoms with Gasteiger partial charge in [-0.3, -0.25) is 0 Å². The summed E-state index contributed by atoms with van der Waals surface area (Å²) in [5.41, 5.74) is 0.209. The molecule has 0 aliphatic heterocycles. The van der Waals surface area contributed by atoms with Crippen LogP contribution in [-0.4, -0.2) is 13.5 Å². The molecule has 1 aromatic heterocycles. The van der Waals surface area contributed by atoms with E-state index in [2.05, 4.69) is 4.72 Å². The second-order valence-electron chi connectivity index (χ2n) is 4.26. The highest BCUT2D eigenvalue weighted by atomic mass is 32.2. The van der Waals surface area contributed by atoms with E-state index >= 15 is 0 Å². The molecule has 0 bridgehead atoms. The van der Waals surface area contributed by atoms with E-state index < -0.39 is 22.4 Å². The summed E-state index contributed by atoms with van der Waals surface area (Å²) in [6.07, 6.45) is 1.43. The van der Waals surface area contributed by atoms with E-state index in [1.165, 1.54) is 19.3 Å². The van der Waals surface area contributed by atoms with Crippen molar-refractivity contribution in [3.63, 3.8) is 0 Å². The van der Waals surface area contributed by atoms with E-state index in [1.54, 1.807) is 12.1 Å². The minimum Gasteiger partial charge on any atom is -0.468 e. The van der Waals surface area contributed by atoms with Crippen molar-refractivity contribution in [2.45, 2.75) is 25.0 Å². The molecule has 1 aromatic carbocycles. The Morgan fingerprint density at radius 3 is 2.75 bits per heavy atom. The van der Waals surface area contributed by atoms with Gasteiger partial charge in [0.15, 0.2) is 0 Å². The molecule has 0 saturated heterocycles. The second-order valence-corrected chi connectivity index (χ2v) is 6.00. The topological polar surface area (TPSA) is 79.5 Å². The SMILES string of the molecule is Cc1c(F)cc(CO)cc1S(=O)(=O)NCc1ccco1. The molecule has 0 spiro atoms. The number of rotatable bonds is 5. The van der Waals surface area contributed by atoms with Gasteiger partial charge in [0.25, 0.3) is 0 Å². The molecule has 108 valence electrons. The number of halogens is 1. The lowest BCUT2D eigenvalue weighted by Crippen LogP contribution is -2.24. The highest BCUT2D eigenvalue weighted by Crippen LogP contribution is 2.21. The first-order chi connectivity index (χ1) is 9.44. The lowest BCUT2D eigenvalue weighted by molar-refractivity contribution is 0.281. The lowest BCUT2D eigenvalue weighted by Gasteiger charge is -2.11. The molecule has 0 radical (unpaired) electrons. The fourth-order valence-corrected chi connectivity index (χ4v) is 3.03. The Bertz CT molecular complexity index is 695. The fourth-order valence-electron chi connectivity index (χ4n) is 1.73. The van der Waals surface area contributed by atoms with Gasteiger partial charge in [-0.1, -0.05) is 0 Å². The van der Waals surface area contributed by atoms with Gasteiger partial charge in [-0.15, -0.1) is 0 Å². The summed E-state index contributed by atoms with van der Waals surface area (Å²) in [5.74, 6) is -0.222. The molecule has 0 fully saturated rings. The number of nitrogens with one attached hydrogen (secondary N) is 1. The van der Waals surface area contributed by atoms with Crippen molar-refractivity contribution in [3.8, 4) is 0 Å². The van der Waals surface area contributed by atoms with Gasteiger partial charge in [-0.25, -0.2) is 17.5 Å². The summed E-state index contributed by atoms with van der Waals surface area (Å²) in [7, 11) is -3.88. The summed E-state index contributed by atoms with van der Waals surface area (Å²) in [4.78, 5) is -0.187. The van der Waals surface area contributed by atoms with Crippen LogP contribution < -0.4 is 4.72 Å². The largest absolute Gasteiger partial charge is 0.468 e. The van der Waals surface area contributed by atoms with Crippen LogP contribution in [0.25, 0.3) is 0 Å². The van der Waals surface area contributed by atoms with Crippen molar-refractivity contribution in [2.75, 3.05) is 0 Å². The maximum absolute atomic E-state index is 13.6. The molecule has 0 amide bonds. The highest BCUT2D eigenvalue weighted by molar-refractivity contribution is 7.89.